The van der Waals surface area contributed by atoms with E-state index in [9.17, 15) is 13.2 Å². The number of carbonyl (C=O) groups is 1. The van der Waals surface area contributed by atoms with E-state index in [0.717, 1.165) is 17.1 Å². The molecule has 0 bridgehead atoms. The van der Waals surface area contributed by atoms with Gasteiger partial charge in [-0.3, -0.25) is 9.10 Å². The number of amides is 1. The van der Waals surface area contributed by atoms with Gasteiger partial charge in [-0.05, 0) is 43.5 Å². The van der Waals surface area contributed by atoms with Gasteiger partial charge in [-0.1, -0.05) is 66.7 Å². The Morgan fingerprint density at radius 1 is 1.03 bits per heavy atom. The van der Waals surface area contributed by atoms with Crippen molar-refractivity contribution in [1.29, 1.82) is 0 Å². The van der Waals surface area contributed by atoms with Crippen LogP contribution in [0.15, 0.2) is 53.4 Å². The molecule has 0 aliphatic heterocycles. The van der Waals surface area contributed by atoms with Crippen LogP contribution in [0.5, 0.6) is 0 Å². The second kappa shape index (κ2) is 11.9. The number of halogens is 2. The third-order valence-electron chi connectivity index (χ3n) is 5.37. The number of anilines is 1. The summed E-state index contributed by atoms with van der Waals surface area (Å²) in [5.41, 5.74) is 0.152. The van der Waals surface area contributed by atoms with E-state index in [4.69, 9.17) is 27.9 Å². The molecule has 1 aliphatic carbocycles. The first-order chi connectivity index (χ1) is 15.4. The Labute approximate surface area is 199 Å². The van der Waals surface area contributed by atoms with Gasteiger partial charge in [0.2, 0.25) is 5.91 Å². The maximum absolute atomic E-state index is 13.3. The molecule has 1 saturated carbocycles. The van der Waals surface area contributed by atoms with E-state index >= 15 is 0 Å². The number of hydrogen-bond donors (Lipinski definition) is 1. The zero-order valence-corrected chi connectivity index (χ0v) is 20.1. The summed E-state index contributed by atoms with van der Waals surface area (Å²) in [5.74, 6) is -0.432. The SMILES string of the molecule is O=C(CN(c1cccc(Cl)c1Cl)S(=O)(=O)c1ccccc1)NCCCOC1CCCCC1. The average molecular weight is 499 g/mol. The molecule has 0 aromatic heterocycles. The van der Waals surface area contributed by atoms with Gasteiger partial charge < -0.3 is 10.1 Å². The highest BCUT2D eigenvalue weighted by molar-refractivity contribution is 7.92. The van der Waals surface area contributed by atoms with Crippen molar-refractivity contribution in [2.45, 2.75) is 49.5 Å². The number of carbonyl (C=O) groups excluding carboxylic acids is 1. The number of hydrogen-bond acceptors (Lipinski definition) is 4. The van der Waals surface area contributed by atoms with Gasteiger partial charge in [-0.2, -0.15) is 0 Å². The summed E-state index contributed by atoms with van der Waals surface area (Å²) in [7, 11) is -4.03. The van der Waals surface area contributed by atoms with Crippen LogP contribution in [0.4, 0.5) is 5.69 Å². The van der Waals surface area contributed by atoms with Crippen molar-refractivity contribution < 1.29 is 17.9 Å². The molecule has 0 heterocycles. The predicted molar refractivity (Wildman–Crippen MR) is 128 cm³/mol. The molecule has 32 heavy (non-hydrogen) atoms. The molecule has 1 aliphatic rings. The lowest BCUT2D eigenvalue weighted by molar-refractivity contribution is -0.119. The summed E-state index contributed by atoms with van der Waals surface area (Å²) in [6, 6.07) is 12.6. The smallest absolute Gasteiger partial charge is 0.264 e. The molecule has 0 radical (unpaired) electrons. The highest BCUT2D eigenvalue weighted by Gasteiger charge is 2.29. The van der Waals surface area contributed by atoms with Gasteiger partial charge in [0.15, 0.2) is 0 Å². The Balaban J connectivity index is 1.65. The standard InChI is InChI=1S/C23H28Cl2N2O4S/c24-20-13-7-14-21(23(20)25)27(32(29,30)19-11-5-2-6-12-19)17-22(28)26-15-8-16-31-18-9-3-1-4-10-18/h2,5-7,11-14,18H,1,3-4,8-10,15-17H2,(H,26,28). The van der Waals surface area contributed by atoms with Crippen LogP contribution >= 0.6 is 23.2 Å². The van der Waals surface area contributed by atoms with Gasteiger partial charge in [0, 0.05) is 13.2 Å². The van der Waals surface area contributed by atoms with Crippen LogP contribution in [0, 0.1) is 0 Å². The number of rotatable bonds is 10. The van der Waals surface area contributed by atoms with Crippen molar-refractivity contribution in [3.8, 4) is 0 Å². The van der Waals surface area contributed by atoms with Crippen molar-refractivity contribution in [1.82, 2.24) is 5.32 Å². The first-order valence-corrected chi connectivity index (χ1v) is 13.0. The number of sulfonamides is 1. The molecule has 0 atom stereocenters. The minimum Gasteiger partial charge on any atom is -0.378 e. The lowest BCUT2D eigenvalue weighted by atomic mass is 9.98. The van der Waals surface area contributed by atoms with Crippen LogP contribution in [0.2, 0.25) is 10.0 Å². The maximum Gasteiger partial charge on any atom is 0.264 e. The maximum atomic E-state index is 13.3. The predicted octanol–water partition coefficient (Wildman–Crippen LogP) is 5.04. The molecule has 9 heteroatoms. The summed E-state index contributed by atoms with van der Waals surface area (Å²) >= 11 is 12.4. The molecule has 0 unspecified atom stereocenters. The lowest BCUT2D eigenvalue weighted by Gasteiger charge is -2.25. The number of nitrogens with one attached hydrogen (secondary N) is 1. The summed E-state index contributed by atoms with van der Waals surface area (Å²) in [5, 5.41) is 3.05. The molecule has 0 spiro atoms. The summed E-state index contributed by atoms with van der Waals surface area (Å²) in [6.45, 7) is 0.548. The Bertz CT molecular complexity index is 996. The fraction of sp³-hybridized carbons (Fsp3) is 0.435. The third kappa shape index (κ3) is 6.61. The summed E-state index contributed by atoms with van der Waals surface area (Å²) in [4.78, 5) is 12.7. The molecule has 6 nitrogen and oxygen atoms in total. The first-order valence-electron chi connectivity index (χ1n) is 10.8. The first kappa shape index (κ1) is 24.8. The molecule has 0 saturated heterocycles. The second-order valence-electron chi connectivity index (χ2n) is 7.73. The van der Waals surface area contributed by atoms with Crippen LogP contribution in [0.1, 0.15) is 38.5 Å². The van der Waals surface area contributed by atoms with Gasteiger partial charge in [0.25, 0.3) is 10.0 Å². The fourth-order valence-corrected chi connectivity index (χ4v) is 5.57. The van der Waals surface area contributed by atoms with Crippen LogP contribution in [-0.2, 0) is 19.6 Å². The third-order valence-corrected chi connectivity index (χ3v) is 7.95. The minimum atomic E-state index is -4.03. The molecule has 2 aromatic carbocycles. The second-order valence-corrected chi connectivity index (χ2v) is 10.4. The van der Waals surface area contributed by atoms with Crippen molar-refractivity contribution in [2.75, 3.05) is 24.0 Å². The molecule has 174 valence electrons. The van der Waals surface area contributed by atoms with Crippen LogP contribution in [-0.4, -0.2) is 40.1 Å². The molecular formula is C23H28Cl2N2O4S. The van der Waals surface area contributed by atoms with E-state index in [2.05, 4.69) is 5.32 Å². The lowest BCUT2D eigenvalue weighted by Crippen LogP contribution is -2.41. The van der Waals surface area contributed by atoms with E-state index in [0.29, 0.717) is 25.7 Å². The fourth-order valence-electron chi connectivity index (χ4n) is 3.67. The highest BCUT2D eigenvalue weighted by atomic mass is 35.5. The van der Waals surface area contributed by atoms with E-state index in [1.54, 1.807) is 30.3 Å². The molecular weight excluding hydrogens is 471 g/mol. The monoisotopic (exact) mass is 498 g/mol. The summed E-state index contributed by atoms with van der Waals surface area (Å²) in [6.07, 6.45) is 6.85. The normalized spacial score (nSPS) is 14.8. The molecule has 3 rings (SSSR count). The molecule has 2 aromatic rings. The number of ether oxygens (including phenoxy) is 1. The molecule has 1 fully saturated rings. The van der Waals surface area contributed by atoms with Gasteiger partial charge in [-0.25, -0.2) is 8.42 Å². The van der Waals surface area contributed by atoms with Gasteiger partial charge >= 0.3 is 0 Å². The van der Waals surface area contributed by atoms with Gasteiger partial charge in [0.1, 0.15) is 6.54 Å². The van der Waals surface area contributed by atoms with Gasteiger partial charge in [0.05, 0.1) is 26.7 Å². The van der Waals surface area contributed by atoms with Gasteiger partial charge in [-0.15, -0.1) is 0 Å². The number of benzene rings is 2. The van der Waals surface area contributed by atoms with Crippen LogP contribution in [0.25, 0.3) is 0 Å². The minimum absolute atomic E-state index is 0.0599. The van der Waals surface area contributed by atoms with E-state index in [1.807, 2.05) is 0 Å². The Kier molecular flexibility index (Phi) is 9.22. The summed E-state index contributed by atoms with van der Waals surface area (Å²) < 4.78 is 33.5. The van der Waals surface area contributed by atoms with Crippen LogP contribution in [0.3, 0.4) is 0 Å². The van der Waals surface area contributed by atoms with E-state index < -0.39 is 22.5 Å². The zero-order valence-electron chi connectivity index (χ0n) is 17.8. The highest BCUT2D eigenvalue weighted by Crippen LogP contribution is 2.35. The largest absolute Gasteiger partial charge is 0.378 e. The Morgan fingerprint density at radius 2 is 1.75 bits per heavy atom. The van der Waals surface area contributed by atoms with E-state index in [-0.39, 0.29) is 20.6 Å². The van der Waals surface area contributed by atoms with Crippen molar-refractivity contribution >= 4 is 44.8 Å². The number of nitrogens with zero attached hydrogens (tertiary/aromatic N) is 1. The molecule has 1 N–H and O–H groups in total. The quantitative estimate of drug-likeness (QED) is 0.465. The zero-order chi connectivity index (χ0) is 23.0. The Morgan fingerprint density at radius 3 is 2.47 bits per heavy atom. The van der Waals surface area contributed by atoms with Crippen molar-refractivity contribution in [3.63, 3.8) is 0 Å². The van der Waals surface area contributed by atoms with E-state index in [1.165, 1.54) is 37.5 Å². The topological polar surface area (TPSA) is 75.7 Å². The van der Waals surface area contributed by atoms with Crippen molar-refractivity contribution in [2.24, 2.45) is 0 Å². The average Bonchev–Trinajstić information content (AvgIpc) is 2.80. The van der Waals surface area contributed by atoms with Crippen LogP contribution < -0.4 is 9.62 Å². The molecule has 1 amide bonds. The van der Waals surface area contributed by atoms with Crippen molar-refractivity contribution in [3.05, 3.63) is 58.6 Å². The Hall–Kier alpha value is -1.80.